The third kappa shape index (κ3) is 4.69. The maximum atomic E-state index is 13.2. The fraction of sp³-hybridized carbons (Fsp3) is 0.421. The summed E-state index contributed by atoms with van der Waals surface area (Å²) in [5.74, 6) is -0.872. The van der Waals surface area contributed by atoms with Gasteiger partial charge in [-0.2, -0.15) is 13.2 Å². The van der Waals surface area contributed by atoms with E-state index >= 15 is 0 Å². The number of thiophene rings is 1. The van der Waals surface area contributed by atoms with E-state index < -0.39 is 17.7 Å². The largest absolute Gasteiger partial charge is 0.480 e. The van der Waals surface area contributed by atoms with Crippen LogP contribution in [0.25, 0.3) is 0 Å². The zero-order valence-corrected chi connectivity index (χ0v) is 15.6. The number of piperazine rings is 1. The van der Waals surface area contributed by atoms with Gasteiger partial charge in [-0.15, -0.1) is 11.3 Å². The molecule has 0 spiro atoms. The summed E-state index contributed by atoms with van der Waals surface area (Å²) in [6.07, 6.45) is -4.39. The van der Waals surface area contributed by atoms with Crippen LogP contribution in [0, 0.1) is 0 Å². The van der Waals surface area contributed by atoms with Crippen molar-refractivity contribution in [2.45, 2.75) is 25.2 Å². The Morgan fingerprint density at radius 1 is 1.30 bits per heavy atom. The normalized spacial score (nSPS) is 20.5. The average molecular weight is 398 g/mol. The van der Waals surface area contributed by atoms with Crippen LogP contribution in [0.1, 0.15) is 29.0 Å². The highest BCUT2D eigenvalue weighted by molar-refractivity contribution is 7.10. The number of halogens is 3. The fourth-order valence-corrected chi connectivity index (χ4v) is 4.44. The van der Waals surface area contributed by atoms with Gasteiger partial charge in [0, 0.05) is 30.6 Å². The van der Waals surface area contributed by atoms with Crippen LogP contribution < -0.4 is 0 Å². The zero-order valence-electron chi connectivity index (χ0n) is 14.8. The van der Waals surface area contributed by atoms with Crippen LogP contribution in [0.5, 0.6) is 0 Å². The van der Waals surface area contributed by atoms with Crippen molar-refractivity contribution in [3.63, 3.8) is 0 Å². The van der Waals surface area contributed by atoms with Crippen molar-refractivity contribution in [1.29, 1.82) is 0 Å². The summed E-state index contributed by atoms with van der Waals surface area (Å²) < 4.78 is 39.5. The van der Waals surface area contributed by atoms with Crippen molar-refractivity contribution in [3.8, 4) is 0 Å². The van der Waals surface area contributed by atoms with E-state index in [1.54, 1.807) is 6.07 Å². The van der Waals surface area contributed by atoms with Gasteiger partial charge in [-0.3, -0.25) is 14.6 Å². The van der Waals surface area contributed by atoms with Gasteiger partial charge in [0.25, 0.3) is 0 Å². The summed E-state index contributed by atoms with van der Waals surface area (Å²) in [6, 6.07) is 9.04. The van der Waals surface area contributed by atoms with Crippen molar-refractivity contribution in [3.05, 3.63) is 57.8 Å². The molecule has 1 saturated heterocycles. The standard InChI is InChI=1S/C19H21F3N2O2S/c1-13-11-24(8-7-23(13)12-17(25)26)18(16-6-3-9-27-16)14-4-2-5-15(10-14)19(20,21)22/h2-6,9-10,13,18H,7-8,11-12H2,1H3,(H,25,26)/t13?,18-/m1/s1. The molecule has 1 aromatic heterocycles. The zero-order chi connectivity index (χ0) is 19.6. The van der Waals surface area contributed by atoms with E-state index in [0.29, 0.717) is 25.2 Å². The van der Waals surface area contributed by atoms with Gasteiger partial charge in [-0.25, -0.2) is 0 Å². The van der Waals surface area contributed by atoms with Crippen LogP contribution in [-0.4, -0.2) is 53.1 Å². The van der Waals surface area contributed by atoms with Crippen LogP contribution in [0.2, 0.25) is 0 Å². The van der Waals surface area contributed by atoms with Gasteiger partial charge in [0.2, 0.25) is 0 Å². The quantitative estimate of drug-likeness (QED) is 0.829. The highest BCUT2D eigenvalue weighted by atomic mass is 32.1. The molecule has 1 aliphatic rings. The molecule has 3 rings (SSSR count). The molecule has 2 aromatic rings. The van der Waals surface area contributed by atoms with Crippen LogP contribution in [0.3, 0.4) is 0 Å². The molecule has 1 unspecified atom stereocenters. The summed E-state index contributed by atoms with van der Waals surface area (Å²) >= 11 is 1.51. The third-order valence-corrected chi connectivity index (χ3v) is 5.77. The van der Waals surface area contributed by atoms with Crippen molar-refractivity contribution >= 4 is 17.3 Å². The first-order chi connectivity index (χ1) is 12.8. The molecule has 1 N–H and O–H groups in total. The van der Waals surface area contributed by atoms with Crippen molar-refractivity contribution < 1.29 is 23.1 Å². The fourth-order valence-electron chi connectivity index (χ4n) is 3.55. The number of rotatable bonds is 5. The summed E-state index contributed by atoms with van der Waals surface area (Å²) in [7, 11) is 0. The minimum absolute atomic E-state index is 0.00288. The molecule has 4 nitrogen and oxygen atoms in total. The minimum Gasteiger partial charge on any atom is -0.480 e. The molecule has 1 aromatic carbocycles. The number of hydrogen-bond acceptors (Lipinski definition) is 4. The Hall–Kier alpha value is -1.90. The lowest BCUT2D eigenvalue weighted by atomic mass is 9.99. The van der Waals surface area contributed by atoms with E-state index in [9.17, 15) is 18.0 Å². The van der Waals surface area contributed by atoms with Gasteiger partial charge in [0.1, 0.15) is 0 Å². The summed E-state index contributed by atoms with van der Waals surface area (Å²) in [5.41, 5.74) is -0.0507. The Morgan fingerprint density at radius 2 is 2.07 bits per heavy atom. The van der Waals surface area contributed by atoms with E-state index in [4.69, 9.17) is 5.11 Å². The maximum absolute atomic E-state index is 13.2. The van der Waals surface area contributed by atoms with Gasteiger partial charge >= 0.3 is 12.1 Å². The van der Waals surface area contributed by atoms with Gasteiger partial charge in [0.15, 0.2) is 0 Å². The van der Waals surface area contributed by atoms with E-state index in [1.807, 2.05) is 29.3 Å². The molecule has 0 saturated carbocycles. The predicted molar refractivity (Wildman–Crippen MR) is 97.8 cm³/mol. The Labute approximate surface area is 159 Å². The number of alkyl halides is 3. The molecule has 0 radical (unpaired) electrons. The summed E-state index contributed by atoms with van der Waals surface area (Å²) in [4.78, 5) is 16.0. The number of hydrogen-bond donors (Lipinski definition) is 1. The second-order valence-corrected chi connectivity index (χ2v) is 7.73. The lowest BCUT2D eigenvalue weighted by Gasteiger charge is -2.42. The van der Waals surface area contributed by atoms with Gasteiger partial charge in [-0.05, 0) is 36.1 Å². The Bertz CT molecular complexity index is 780. The van der Waals surface area contributed by atoms with E-state index in [1.165, 1.54) is 23.5 Å². The first-order valence-electron chi connectivity index (χ1n) is 8.66. The Kier molecular flexibility index (Phi) is 5.88. The number of carboxylic acid groups (broad SMARTS) is 1. The van der Waals surface area contributed by atoms with E-state index in [-0.39, 0.29) is 18.6 Å². The van der Waals surface area contributed by atoms with Crippen LogP contribution in [0.4, 0.5) is 13.2 Å². The highest BCUT2D eigenvalue weighted by Gasteiger charge is 2.34. The number of carbonyl (C=O) groups is 1. The van der Waals surface area contributed by atoms with Crippen molar-refractivity contribution in [2.75, 3.05) is 26.2 Å². The molecule has 8 heteroatoms. The molecule has 2 atom stereocenters. The van der Waals surface area contributed by atoms with Gasteiger partial charge < -0.3 is 5.11 Å². The first kappa shape index (κ1) is 19.9. The molecule has 2 heterocycles. The van der Waals surface area contributed by atoms with Crippen LogP contribution in [-0.2, 0) is 11.0 Å². The Balaban J connectivity index is 1.89. The highest BCUT2D eigenvalue weighted by Crippen LogP contribution is 2.36. The molecule has 1 fully saturated rings. The topological polar surface area (TPSA) is 43.8 Å². The third-order valence-electron chi connectivity index (χ3n) is 4.84. The van der Waals surface area contributed by atoms with Crippen LogP contribution in [0.15, 0.2) is 41.8 Å². The van der Waals surface area contributed by atoms with Gasteiger partial charge in [0.05, 0.1) is 18.2 Å². The van der Waals surface area contributed by atoms with Crippen molar-refractivity contribution in [2.24, 2.45) is 0 Å². The Morgan fingerprint density at radius 3 is 2.67 bits per heavy atom. The summed E-state index contributed by atoms with van der Waals surface area (Å²) in [6.45, 7) is 3.67. The smallest absolute Gasteiger partial charge is 0.416 e. The summed E-state index contributed by atoms with van der Waals surface area (Å²) in [5, 5.41) is 11.0. The average Bonchev–Trinajstić information content (AvgIpc) is 3.11. The number of carboxylic acids is 1. The van der Waals surface area contributed by atoms with Gasteiger partial charge in [-0.1, -0.05) is 18.2 Å². The molecule has 0 bridgehead atoms. The minimum atomic E-state index is -4.39. The molecule has 1 aliphatic heterocycles. The van der Waals surface area contributed by atoms with Crippen LogP contribution >= 0.6 is 11.3 Å². The molecule has 146 valence electrons. The molecular formula is C19H21F3N2O2S. The number of benzene rings is 1. The number of aliphatic carboxylic acids is 1. The maximum Gasteiger partial charge on any atom is 0.416 e. The number of nitrogens with zero attached hydrogens (tertiary/aromatic N) is 2. The van der Waals surface area contributed by atoms with E-state index in [0.717, 1.165) is 10.9 Å². The predicted octanol–water partition coefficient (Wildman–Crippen LogP) is 3.95. The molecule has 0 aliphatic carbocycles. The SMILES string of the molecule is CC1CN([C@H](c2cccc(C(F)(F)F)c2)c2cccs2)CCN1CC(=O)O. The monoisotopic (exact) mass is 398 g/mol. The second-order valence-electron chi connectivity index (χ2n) is 6.75. The lowest BCUT2D eigenvalue weighted by molar-refractivity contribution is -0.139. The van der Waals surface area contributed by atoms with Crippen molar-refractivity contribution in [1.82, 2.24) is 9.80 Å². The molecular weight excluding hydrogens is 377 g/mol. The molecule has 0 amide bonds. The lowest BCUT2D eigenvalue weighted by Crippen LogP contribution is -2.54. The van der Waals surface area contributed by atoms with E-state index in [2.05, 4.69) is 4.90 Å². The second kappa shape index (κ2) is 8.00. The first-order valence-corrected chi connectivity index (χ1v) is 9.54. The molecule has 27 heavy (non-hydrogen) atoms.